The molecule has 8 nitrogen and oxygen atoms in total. The quantitative estimate of drug-likeness (QED) is 0.333. The summed E-state index contributed by atoms with van der Waals surface area (Å²) in [5, 5.41) is 49.8. The number of hydrogen-bond donors (Lipinski definition) is 6. The Labute approximate surface area is 116 Å². The minimum atomic E-state index is -1.46. The predicted molar refractivity (Wildman–Crippen MR) is 66.6 cm³/mol. The lowest BCUT2D eigenvalue weighted by molar-refractivity contribution is -0.149. The Hall–Kier alpha value is -1.22. The van der Waals surface area contributed by atoms with E-state index in [1.807, 2.05) is 0 Å². The molecule has 20 heavy (non-hydrogen) atoms. The molecular formula is C12H21NO7. The number of carboxylic acid groups (broad SMARTS) is 1. The molecular weight excluding hydrogens is 270 g/mol. The van der Waals surface area contributed by atoms with Gasteiger partial charge >= 0.3 is 5.97 Å². The minimum absolute atomic E-state index is 0.00440. The zero-order valence-electron chi connectivity index (χ0n) is 11.1. The highest BCUT2D eigenvalue weighted by Gasteiger charge is 2.44. The topological polar surface area (TPSA) is 147 Å². The number of hydrogen-bond acceptors (Lipinski definition) is 6. The van der Waals surface area contributed by atoms with Gasteiger partial charge in [0.1, 0.15) is 6.10 Å². The summed E-state index contributed by atoms with van der Waals surface area (Å²) < 4.78 is 0. The fraction of sp³-hybridized carbons (Fsp3) is 0.833. The van der Waals surface area contributed by atoms with E-state index < -0.39 is 54.7 Å². The number of rotatable bonds is 5. The van der Waals surface area contributed by atoms with Gasteiger partial charge in [0.25, 0.3) is 0 Å². The molecule has 6 atom stereocenters. The molecule has 1 rings (SSSR count). The van der Waals surface area contributed by atoms with Crippen molar-refractivity contribution in [2.45, 2.75) is 44.1 Å². The van der Waals surface area contributed by atoms with E-state index in [-0.39, 0.29) is 12.8 Å². The van der Waals surface area contributed by atoms with E-state index in [1.54, 1.807) is 0 Å². The number of carbonyl (C=O) groups is 2. The van der Waals surface area contributed by atoms with Crippen LogP contribution in [0.15, 0.2) is 0 Å². The Morgan fingerprint density at radius 1 is 1.30 bits per heavy atom. The van der Waals surface area contributed by atoms with E-state index in [0.717, 1.165) is 0 Å². The maximum Gasteiger partial charge on any atom is 0.306 e. The van der Waals surface area contributed by atoms with Crippen molar-refractivity contribution in [1.29, 1.82) is 0 Å². The maximum absolute atomic E-state index is 11.1. The normalized spacial score (nSPS) is 33.2. The van der Waals surface area contributed by atoms with Gasteiger partial charge in [0.05, 0.1) is 30.8 Å². The fourth-order valence-corrected chi connectivity index (χ4v) is 2.68. The van der Waals surface area contributed by atoms with E-state index in [9.17, 15) is 24.9 Å². The van der Waals surface area contributed by atoms with Gasteiger partial charge in [0, 0.05) is 12.8 Å². The minimum Gasteiger partial charge on any atom is -0.481 e. The molecule has 116 valence electrons. The van der Waals surface area contributed by atoms with Crippen LogP contribution in [0.4, 0.5) is 0 Å². The summed E-state index contributed by atoms with van der Waals surface area (Å²) in [5.74, 6) is -3.27. The van der Waals surface area contributed by atoms with Crippen molar-refractivity contribution >= 4 is 11.9 Å². The SMILES string of the molecule is CC(=O)NC1C(O)CC(C(=O)O)CC1[C@H](O)[C@H](O)CO. The number of aliphatic hydroxyl groups is 4. The average Bonchev–Trinajstić information content (AvgIpc) is 2.38. The fourth-order valence-electron chi connectivity index (χ4n) is 2.68. The van der Waals surface area contributed by atoms with Crippen molar-refractivity contribution < 1.29 is 35.1 Å². The molecule has 0 spiro atoms. The second-order valence-corrected chi connectivity index (χ2v) is 5.20. The Morgan fingerprint density at radius 2 is 1.90 bits per heavy atom. The van der Waals surface area contributed by atoms with Crippen LogP contribution < -0.4 is 5.32 Å². The zero-order chi connectivity index (χ0) is 15.4. The molecule has 0 aromatic carbocycles. The molecule has 0 aliphatic heterocycles. The molecule has 8 heteroatoms. The van der Waals surface area contributed by atoms with Gasteiger partial charge in [-0.1, -0.05) is 0 Å². The average molecular weight is 291 g/mol. The van der Waals surface area contributed by atoms with Crippen LogP contribution in [0, 0.1) is 11.8 Å². The zero-order valence-corrected chi connectivity index (χ0v) is 11.1. The van der Waals surface area contributed by atoms with Crippen LogP contribution in [-0.2, 0) is 9.59 Å². The van der Waals surface area contributed by atoms with Crippen LogP contribution in [0.25, 0.3) is 0 Å². The van der Waals surface area contributed by atoms with Crippen molar-refractivity contribution in [3.63, 3.8) is 0 Å². The molecule has 0 aromatic heterocycles. The number of carboxylic acids is 1. The van der Waals surface area contributed by atoms with E-state index in [2.05, 4.69) is 5.32 Å². The molecule has 0 heterocycles. The Bertz CT molecular complexity index is 362. The summed E-state index contributed by atoms with van der Waals surface area (Å²) in [6, 6.07) is -0.862. The first kappa shape index (κ1) is 16.8. The van der Waals surface area contributed by atoms with E-state index in [4.69, 9.17) is 10.2 Å². The first-order valence-corrected chi connectivity index (χ1v) is 6.42. The summed E-state index contributed by atoms with van der Waals surface area (Å²) in [6.07, 6.45) is -4.09. The van der Waals surface area contributed by atoms with Crippen LogP contribution in [0.3, 0.4) is 0 Å². The van der Waals surface area contributed by atoms with Crippen LogP contribution in [0.1, 0.15) is 19.8 Å². The molecule has 1 saturated carbocycles. The lowest BCUT2D eigenvalue weighted by Gasteiger charge is -2.41. The third-order valence-corrected chi connectivity index (χ3v) is 3.70. The van der Waals surface area contributed by atoms with Crippen LogP contribution in [0.2, 0.25) is 0 Å². The second-order valence-electron chi connectivity index (χ2n) is 5.20. The number of aliphatic hydroxyl groups excluding tert-OH is 4. The summed E-state index contributed by atoms with van der Waals surface area (Å²) in [5.41, 5.74) is 0. The summed E-state index contributed by atoms with van der Waals surface area (Å²) in [7, 11) is 0. The highest BCUT2D eigenvalue weighted by molar-refractivity contribution is 5.73. The van der Waals surface area contributed by atoms with Crippen LogP contribution in [-0.4, -0.2) is 68.4 Å². The Balaban J connectivity index is 2.94. The van der Waals surface area contributed by atoms with Gasteiger partial charge in [0.2, 0.25) is 5.91 Å². The van der Waals surface area contributed by atoms with Crippen LogP contribution in [0.5, 0.6) is 0 Å². The Morgan fingerprint density at radius 3 is 2.35 bits per heavy atom. The van der Waals surface area contributed by atoms with Crippen molar-refractivity contribution in [3.8, 4) is 0 Å². The van der Waals surface area contributed by atoms with Gasteiger partial charge < -0.3 is 30.8 Å². The highest BCUT2D eigenvalue weighted by Crippen LogP contribution is 2.33. The van der Waals surface area contributed by atoms with Gasteiger partial charge in [0.15, 0.2) is 0 Å². The summed E-state index contributed by atoms with van der Waals surface area (Å²) in [6.45, 7) is 0.542. The van der Waals surface area contributed by atoms with Gasteiger partial charge in [-0.3, -0.25) is 9.59 Å². The lowest BCUT2D eigenvalue weighted by Crippen LogP contribution is -2.57. The van der Waals surface area contributed by atoms with Gasteiger partial charge in [-0.15, -0.1) is 0 Å². The third kappa shape index (κ3) is 3.89. The molecule has 0 radical (unpaired) electrons. The molecule has 1 amide bonds. The monoisotopic (exact) mass is 291 g/mol. The van der Waals surface area contributed by atoms with Crippen molar-refractivity contribution in [2.24, 2.45) is 11.8 Å². The number of amides is 1. The molecule has 1 fully saturated rings. The third-order valence-electron chi connectivity index (χ3n) is 3.70. The lowest BCUT2D eigenvalue weighted by atomic mass is 9.72. The van der Waals surface area contributed by atoms with Crippen LogP contribution >= 0.6 is 0 Å². The van der Waals surface area contributed by atoms with Gasteiger partial charge in [-0.05, 0) is 12.8 Å². The predicted octanol–water partition coefficient (Wildman–Crippen LogP) is -2.32. The standard InChI is InChI=1S/C12H21NO7/c1-5(15)13-10-7(11(18)9(17)4-14)2-6(12(19)20)3-8(10)16/h6-11,14,16-18H,2-4H2,1H3,(H,13,15)(H,19,20)/t6?,7?,8?,9-,10?,11+/m1/s1. The van der Waals surface area contributed by atoms with Crippen molar-refractivity contribution in [3.05, 3.63) is 0 Å². The first-order chi connectivity index (χ1) is 9.27. The molecule has 4 unspecified atom stereocenters. The van der Waals surface area contributed by atoms with E-state index in [0.29, 0.717) is 0 Å². The number of nitrogens with one attached hydrogen (secondary N) is 1. The Kier molecular flexibility index (Phi) is 5.88. The van der Waals surface area contributed by atoms with E-state index in [1.165, 1.54) is 6.92 Å². The number of aliphatic carboxylic acids is 1. The highest BCUT2D eigenvalue weighted by atomic mass is 16.4. The summed E-state index contributed by atoms with van der Waals surface area (Å²) in [4.78, 5) is 22.2. The van der Waals surface area contributed by atoms with E-state index >= 15 is 0 Å². The molecule has 1 aliphatic rings. The van der Waals surface area contributed by atoms with Gasteiger partial charge in [-0.2, -0.15) is 0 Å². The molecule has 0 aromatic rings. The molecule has 6 N–H and O–H groups in total. The molecule has 0 bridgehead atoms. The maximum atomic E-state index is 11.1. The molecule has 1 aliphatic carbocycles. The van der Waals surface area contributed by atoms with Crippen molar-refractivity contribution in [1.82, 2.24) is 5.32 Å². The number of carbonyl (C=O) groups excluding carboxylic acids is 1. The second kappa shape index (κ2) is 6.98. The smallest absolute Gasteiger partial charge is 0.306 e. The first-order valence-electron chi connectivity index (χ1n) is 6.42. The van der Waals surface area contributed by atoms with Crippen molar-refractivity contribution in [2.75, 3.05) is 6.61 Å². The van der Waals surface area contributed by atoms with Gasteiger partial charge in [-0.25, -0.2) is 0 Å². The summed E-state index contributed by atoms with van der Waals surface area (Å²) >= 11 is 0. The largest absolute Gasteiger partial charge is 0.481 e. The molecule has 0 saturated heterocycles.